The van der Waals surface area contributed by atoms with Crippen molar-refractivity contribution in [2.45, 2.75) is 38.0 Å². The molecule has 7 nitrogen and oxygen atoms in total. The Morgan fingerprint density at radius 1 is 1.33 bits per heavy atom. The van der Waals surface area contributed by atoms with Crippen LogP contribution in [0.25, 0.3) is 0 Å². The number of rotatable bonds is 4. The summed E-state index contributed by atoms with van der Waals surface area (Å²) in [6.07, 6.45) is 9.37. The average molecular weight is 329 g/mol. The van der Waals surface area contributed by atoms with E-state index in [1.807, 2.05) is 24.9 Å². The number of aryl methyl sites for hydroxylation is 2. The van der Waals surface area contributed by atoms with Crippen LogP contribution in [-0.2, 0) is 18.3 Å². The fourth-order valence-corrected chi connectivity index (χ4v) is 3.66. The summed E-state index contributed by atoms with van der Waals surface area (Å²) in [4.78, 5) is 10.9. The Kier molecular flexibility index (Phi) is 3.97. The van der Waals surface area contributed by atoms with E-state index in [0.717, 1.165) is 44.8 Å². The molecule has 2 fully saturated rings. The van der Waals surface area contributed by atoms with E-state index < -0.39 is 0 Å². The molecule has 128 valence electrons. The van der Waals surface area contributed by atoms with Gasteiger partial charge in [0.2, 0.25) is 5.88 Å². The normalized spacial score (nSPS) is 23.2. The van der Waals surface area contributed by atoms with E-state index in [9.17, 15) is 0 Å². The maximum absolute atomic E-state index is 6.09. The van der Waals surface area contributed by atoms with Crippen molar-refractivity contribution >= 4 is 0 Å². The lowest BCUT2D eigenvalue weighted by Gasteiger charge is -2.53. The summed E-state index contributed by atoms with van der Waals surface area (Å²) in [5, 5.41) is 4.22. The maximum atomic E-state index is 6.09. The molecule has 0 unspecified atom stereocenters. The van der Waals surface area contributed by atoms with Gasteiger partial charge in [0, 0.05) is 57.5 Å². The van der Waals surface area contributed by atoms with Crippen molar-refractivity contribution < 1.29 is 9.47 Å². The van der Waals surface area contributed by atoms with Gasteiger partial charge in [-0.3, -0.25) is 14.6 Å². The molecule has 1 atom stereocenters. The van der Waals surface area contributed by atoms with Gasteiger partial charge in [0.15, 0.2) is 0 Å². The minimum absolute atomic E-state index is 0.0671. The lowest BCUT2D eigenvalue weighted by Crippen LogP contribution is -2.65. The van der Waals surface area contributed by atoms with Gasteiger partial charge in [-0.2, -0.15) is 5.10 Å². The highest BCUT2D eigenvalue weighted by atomic mass is 16.5. The molecule has 0 aromatic carbocycles. The van der Waals surface area contributed by atoms with Crippen LogP contribution in [0.2, 0.25) is 0 Å². The van der Waals surface area contributed by atoms with Crippen molar-refractivity contribution in [3.63, 3.8) is 0 Å². The van der Waals surface area contributed by atoms with Crippen molar-refractivity contribution in [2.24, 2.45) is 7.05 Å². The third-order valence-electron chi connectivity index (χ3n) is 4.66. The molecule has 2 aliphatic rings. The van der Waals surface area contributed by atoms with Gasteiger partial charge in [-0.1, -0.05) is 0 Å². The topological polar surface area (TPSA) is 65.3 Å². The highest BCUT2D eigenvalue weighted by molar-refractivity contribution is 5.10. The Bertz CT molecular complexity index is 711. The SMILES string of the molecule is Cc1cncc(O[C@@H]2CCOC3(C2)CN(Cc2cnn(C)c2)C3)n1. The van der Waals surface area contributed by atoms with E-state index in [2.05, 4.69) is 26.2 Å². The summed E-state index contributed by atoms with van der Waals surface area (Å²) < 4.78 is 14.0. The first-order valence-corrected chi connectivity index (χ1v) is 8.39. The highest BCUT2D eigenvalue weighted by Gasteiger charge is 2.48. The van der Waals surface area contributed by atoms with Crippen LogP contribution in [-0.4, -0.2) is 56.0 Å². The number of aromatic nitrogens is 4. The summed E-state index contributed by atoms with van der Waals surface area (Å²) in [7, 11) is 1.95. The van der Waals surface area contributed by atoms with E-state index >= 15 is 0 Å². The van der Waals surface area contributed by atoms with E-state index in [0.29, 0.717) is 5.88 Å². The second-order valence-corrected chi connectivity index (χ2v) is 6.93. The summed E-state index contributed by atoms with van der Waals surface area (Å²) in [5.41, 5.74) is 2.05. The van der Waals surface area contributed by atoms with Crippen molar-refractivity contribution in [1.29, 1.82) is 0 Å². The molecule has 2 saturated heterocycles. The molecule has 4 heterocycles. The minimum Gasteiger partial charge on any atom is -0.473 e. The van der Waals surface area contributed by atoms with Crippen LogP contribution in [0.1, 0.15) is 24.1 Å². The molecule has 0 aliphatic carbocycles. The van der Waals surface area contributed by atoms with E-state index in [1.165, 1.54) is 5.56 Å². The summed E-state index contributed by atoms with van der Waals surface area (Å²) in [6.45, 7) is 5.48. The molecule has 0 radical (unpaired) electrons. The Balaban J connectivity index is 1.32. The molecule has 7 heteroatoms. The first kappa shape index (κ1) is 15.5. The zero-order valence-electron chi connectivity index (χ0n) is 14.2. The molecule has 0 amide bonds. The van der Waals surface area contributed by atoms with E-state index in [-0.39, 0.29) is 11.7 Å². The Morgan fingerprint density at radius 2 is 2.21 bits per heavy atom. The third kappa shape index (κ3) is 3.27. The number of likely N-dealkylation sites (tertiary alicyclic amines) is 1. The van der Waals surface area contributed by atoms with Gasteiger partial charge in [0.25, 0.3) is 0 Å². The number of nitrogens with zero attached hydrogens (tertiary/aromatic N) is 5. The van der Waals surface area contributed by atoms with Crippen molar-refractivity contribution in [2.75, 3.05) is 19.7 Å². The second kappa shape index (κ2) is 6.14. The van der Waals surface area contributed by atoms with Gasteiger partial charge in [-0.15, -0.1) is 0 Å². The molecule has 24 heavy (non-hydrogen) atoms. The molecular weight excluding hydrogens is 306 g/mol. The second-order valence-electron chi connectivity index (χ2n) is 6.93. The summed E-state index contributed by atoms with van der Waals surface area (Å²) in [5.74, 6) is 0.614. The molecule has 2 aromatic rings. The van der Waals surface area contributed by atoms with Gasteiger partial charge in [-0.05, 0) is 6.92 Å². The maximum Gasteiger partial charge on any atom is 0.232 e. The predicted octanol–water partition coefficient (Wildman–Crippen LogP) is 1.33. The quantitative estimate of drug-likeness (QED) is 0.843. The standard InChI is InChI=1S/C17H23N5O2/c1-13-6-18-8-16(20-13)24-15-3-4-23-17(5-15)11-22(12-17)10-14-7-19-21(2)9-14/h6-9,15H,3-5,10-12H2,1-2H3/t15-/m1/s1. The van der Waals surface area contributed by atoms with Crippen molar-refractivity contribution in [1.82, 2.24) is 24.6 Å². The van der Waals surface area contributed by atoms with Crippen molar-refractivity contribution in [3.8, 4) is 5.88 Å². The lowest BCUT2D eigenvalue weighted by molar-refractivity contribution is -0.188. The van der Waals surface area contributed by atoms with Crippen LogP contribution in [0.5, 0.6) is 5.88 Å². The fraction of sp³-hybridized carbons (Fsp3) is 0.588. The number of hydrogen-bond acceptors (Lipinski definition) is 6. The Hall–Kier alpha value is -1.99. The zero-order chi connectivity index (χ0) is 16.6. The Labute approximate surface area is 141 Å². The summed E-state index contributed by atoms with van der Waals surface area (Å²) >= 11 is 0. The smallest absolute Gasteiger partial charge is 0.232 e. The minimum atomic E-state index is -0.0671. The fourth-order valence-electron chi connectivity index (χ4n) is 3.66. The van der Waals surface area contributed by atoms with Crippen LogP contribution in [0, 0.1) is 6.92 Å². The predicted molar refractivity (Wildman–Crippen MR) is 87.6 cm³/mol. The van der Waals surface area contributed by atoms with Gasteiger partial charge < -0.3 is 9.47 Å². The average Bonchev–Trinajstić information content (AvgIpc) is 2.91. The highest BCUT2D eigenvalue weighted by Crippen LogP contribution is 2.36. The first-order chi connectivity index (χ1) is 11.6. The molecule has 1 spiro atoms. The molecular formula is C17H23N5O2. The number of hydrogen-bond donors (Lipinski definition) is 0. The molecule has 2 aliphatic heterocycles. The molecule has 0 saturated carbocycles. The van der Waals surface area contributed by atoms with Gasteiger partial charge in [-0.25, -0.2) is 4.98 Å². The van der Waals surface area contributed by atoms with Gasteiger partial charge in [0.1, 0.15) is 6.10 Å². The van der Waals surface area contributed by atoms with E-state index in [4.69, 9.17) is 9.47 Å². The van der Waals surface area contributed by atoms with Crippen LogP contribution in [0.3, 0.4) is 0 Å². The monoisotopic (exact) mass is 329 g/mol. The first-order valence-electron chi connectivity index (χ1n) is 8.39. The lowest BCUT2D eigenvalue weighted by atomic mass is 9.84. The molecule has 0 N–H and O–H groups in total. The molecule has 4 rings (SSSR count). The molecule has 0 bridgehead atoms. The van der Waals surface area contributed by atoms with Gasteiger partial charge in [0.05, 0.1) is 30.3 Å². The Morgan fingerprint density at radius 3 is 2.96 bits per heavy atom. The molecule has 2 aromatic heterocycles. The van der Waals surface area contributed by atoms with E-state index in [1.54, 1.807) is 12.4 Å². The van der Waals surface area contributed by atoms with Crippen LogP contribution >= 0.6 is 0 Å². The third-order valence-corrected chi connectivity index (χ3v) is 4.66. The largest absolute Gasteiger partial charge is 0.473 e. The van der Waals surface area contributed by atoms with Gasteiger partial charge >= 0.3 is 0 Å². The van der Waals surface area contributed by atoms with Crippen LogP contribution < -0.4 is 4.74 Å². The zero-order valence-corrected chi connectivity index (χ0v) is 14.2. The van der Waals surface area contributed by atoms with Crippen LogP contribution in [0.4, 0.5) is 0 Å². The van der Waals surface area contributed by atoms with Crippen LogP contribution in [0.15, 0.2) is 24.8 Å². The van der Waals surface area contributed by atoms with Crippen molar-refractivity contribution in [3.05, 3.63) is 36.0 Å². The summed E-state index contributed by atoms with van der Waals surface area (Å²) in [6, 6.07) is 0. The number of ether oxygens (including phenoxy) is 2.